The highest BCUT2D eigenvalue weighted by Gasteiger charge is 2.38. The molecule has 0 N–H and O–H groups in total. The molecule has 37 heavy (non-hydrogen) atoms. The fourth-order valence-electron chi connectivity index (χ4n) is 5.47. The van der Waals surface area contributed by atoms with Crippen LogP contribution in [-0.2, 0) is 4.74 Å². The molecule has 0 radical (unpaired) electrons. The van der Waals surface area contributed by atoms with Gasteiger partial charge in [-0.1, -0.05) is 6.07 Å². The Hall–Kier alpha value is -2.52. The number of hydrogen-bond donors (Lipinski definition) is 0. The number of hydrogen-bond acceptors (Lipinski definition) is 8. The van der Waals surface area contributed by atoms with Crippen molar-refractivity contribution in [3.05, 3.63) is 35.2 Å². The second-order valence-electron chi connectivity index (χ2n) is 11.4. The van der Waals surface area contributed by atoms with Gasteiger partial charge in [-0.25, -0.2) is 19.7 Å². The van der Waals surface area contributed by atoms with E-state index in [4.69, 9.17) is 19.4 Å². The maximum Gasteiger partial charge on any atom is 0.420 e. The van der Waals surface area contributed by atoms with Crippen LogP contribution in [0.2, 0.25) is 0 Å². The maximum atomic E-state index is 13.9. The zero-order chi connectivity index (χ0) is 26.3. The monoisotopic (exact) mass is 525 g/mol. The summed E-state index contributed by atoms with van der Waals surface area (Å²) < 4.78 is 12.6. The van der Waals surface area contributed by atoms with Gasteiger partial charge in [-0.3, -0.25) is 0 Å². The number of aromatic nitrogens is 2. The average molecular weight is 526 g/mol. The Morgan fingerprint density at radius 3 is 2.43 bits per heavy atom. The predicted octanol–water partition coefficient (Wildman–Crippen LogP) is 5.67. The first-order chi connectivity index (χ1) is 17.6. The standard InChI is InChI=1S/C28H39N5O3S/c1-18-15-21(20-7-9-31(6)10-8-20)16-22-24(18)35-19(2)23-25(32-11-13-37-14-12-32)29-17-30-26(23)33(22)27(34)36-28(3,4)5/h15-17,19-20H,7-14H2,1-6H3. The van der Waals surface area contributed by atoms with Crippen molar-refractivity contribution in [3.8, 4) is 5.75 Å². The van der Waals surface area contributed by atoms with Gasteiger partial charge >= 0.3 is 6.09 Å². The maximum absolute atomic E-state index is 13.9. The first kappa shape index (κ1) is 26.1. The molecule has 2 aromatic rings. The van der Waals surface area contributed by atoms with E-state index in [1.54, 1.807) is 11.2 Å². The smallest absolute Gasteiger partial charge is 0.420 e. The topological polar surface area (TPSA) is 71.0 Å². The van der Waals surface area contributed by atoms with Crippen molar-refractivity contribution < 1.29 is 14.3 Å². The van der Waals surface area contributed by atoms with E-state index in [-0.39, 0.29) is 6.10 Å². The summed E-state index contributed by atoms with van der Waals surface area (Å²) in [4.78, 5) is 29.6. The second kappa shape index (κ2) is 10.3. The lowest BCUT2D eigenvalue weighted by Gasteiger charge is -2.32. The van der Waals surface area contributed by atoms with E-state index >= 15 is 0 Å². The number of amides is 1. The van der Waals surface area contributed by atoms with Crippen molar-refractivity contribution in [1.29, 1.82) is 0 Å². The normalized spacial score (nSPS) is 21.1. The highest BCUT2D eigenvalue weighted by atomic mass is 32.2. The summed E-state index contributed by atoms with van der Waals surface area (Å²) in [5.41, 5.74) is 3.13. The number of ether oxygens (including phenoxy) is 2. The quantitative estimate of drug-likeness (QED) is 0.496. The molecule has 1 amide bonds. The summed E-state index contributed by atoms with van der Waals surface area (Å²) in [7, 11) is 2.17. The minimum atomic E-state index is -0.656. The average Bonchev–Trinajstić information content (AvgIpc) is 2.98. The Kier molecular flexibility index (Phi) is 7.29. The Morgan fingerprint density at radius 1 is 1.08 bits per heavy atom. The first-order valence-electron chi connectivity index (χ1n) is 13.3. The molecule has 1 unspecified atom stereocenters. The molecule has 200 valence electrons. The summed E-state index contributed by atoms with van der Waals surface area (Å²) in [5.74, 6) is 4.61. The Balaban J connectivity index is 1.66. The number of carbonyl (C=O) groups excluding carboxylic acids is 1. The fraction of sp³-hybridized carbons (Fsp3) is 0.607. The van der Waals surface area contributed by atoms with E-state index in [1.807, 2.05) is 39.5 Å². The van der Waals surface area contributed by atoms with Gasteiger partial charge in [0.05, 0.1) is 11.3 Å². The first-order valence-corrected chi connectivity index (χ1v) is 14.5. The summed E-state index contributed by atoms with van der Waals surface area (Å²) in [6.45, 7) is 13.7. The van der Waals surface area contributed by atoms with Gasteiger partial charge in [0.25, 0.3) is 0 Å². The molecule has 4 heterocycles. The molecular formula is C28H39N5O3S. The van der Waals surface area contributed by atoms with Crippen molar-refractivity contribution in [3.63, 3.8) is 0 Å². The highest BCUT2D eigenvalue weighted by molar-refractivity contribution is 7.99. The lowest BCUT2D eigenvalue weighted by atomic mass is 9.88. The summed E-state index contributed by atoms with van der Waals surface area (Å²) in [5, 5.41) is 0. The van der Waals surface area contributed by atoms with E-state index in [1.165, 1.54) is 5.56 Å². The van der Waals surface area contributed by atoms with Crippen LogP contribution in [0, 0.1) is 6.92 Å². The van der Waals surface area contributed by atoms with Gasteiger partial charge < -0.3 is 19.3 Å². The van der Waals surface area contributed by atoms with Crippen molar-refractivity contribution in [2.45, 2.75) is 65.1 Å². The van der Waals surface area contributed by atoms with Crippen LogP contribution in [0.3, 0.4) is 0 Å². The van der Waals surface area contributed by atoms with Crippen molar-refractivity contribution in [1.82, 2.24) is 14.9 Å². The number of piperidine rings is 1. The third kappa shape index (κ3) is 5.39. The van der Waals surface area contributed by atoms with Gasteiger partial charge in [-0.15, -0.1) is 0 Å². The minimum absolute atomic E-state index is 0.333. The van der Waals surface area contributed by atoms with Crippen LogP contribution in [-0.4, -0.2) is 71.3 Å². The summed E-state index contributed by atoms with van der Waals surface area (Å²) in [6, 6.07) is 4.36. The van der Waals surface area contributed by atoms with Crippen molar-refractivity contribution in [2.75, 3.05) is 54.5 Å². The lowest BCUT2D eigenvalue weighted by Crippen LogP contribution is -2.37. The Bertz CT molecular complexity index is 1150. The second-order valence-corrected chi connectivity index (χ2v) is 12.6. The van der Waals surface area contributed by atoms with Crippen LogP contribution >= 0.6 is 11.8 Å². The molecule has 9 heteroatoms. The van der Waals surface area contributed by atoms with E-state index in [0.717, 1.165) is 67.5 Å². The van der Waals surface area contributed by atoms with E-state index in [2.05, 4.69) is 35.9 Å². The molecule has 5 rings (SSSR count). The van der Waals surface area contributed by atoms with Crippen LogP contribution < -0.4 is 14.5 Å². The third-order valence-corrected chi connectivity index (χ3v) is 8.29. The van der Waals surface area contributed by atoms with Gasteiger partial charge in [-0.2, -0.15) is 11.8 Å². The van der Waals surface area contributed by atoms with Gasteiger partial charge in [0.1, 0.15) is 29.6 Å². The molecule has 8 nitrogen and oxygen atoms in total. The van der Waals surface area contributed by atoms with Gasteiger partial charge in [-0.05, 0) is 90.7 Å². The van der Waals surface area contributed by atoms with Crippen LogP contribution in [0.4, 0.5) is 22.1 Å². The SMILES string of the molecule is Cc1cc(C2CCN(C)CC2)cc2c1OC(C)c1c(N3CCSCC3)ncnc1N2C(=O)OC(C)(C)C. The Labute approximate surface area is 224 Å². The molecule has 2 saturated heterocycles. The molecule has 1 atom stereocenters. The third-order valence-electron chi connectivity index (χ3n) is 7.35. The molecule has 0 spiro atoms. The Morgan fingerprint density at radius 2 is 1.76 bits per heavy atom. The molecule has 1 aromatic heterocycles. The van der Waals surface area contributed by atoms with Crippen molar-refractivity contribution >= 4 is 35.2 Å². The number of benzene rings is 1. The molecule has 0 bridgehead atoms. The number of carbonyl (C=O) groups is 1. The van der Waals surface area contributed by atoms with E-state index in [9.17, 15) is 4.79 Å². The molecule has 1 aromatic carbocycles. The summed E-state index contributed by atoms with van der Waals surface area (Å²) in [6.07, 6.45) is 2.97. The minimum Gasteiger partial charge on any atom is -0.483 e. The van der Waals surface area contributed by atoms with Crippen LogP contribution in [0.5, 0.6) is 5.75 Å². The number of nitrogens with zero attached hydrogens (tertiary/aromatic N) is 5. The predicted molar refractivity (Wildman–Crippen MR) is 150 cm³/mol. The number of thioether (sulfide) groups is 1. The van der Waals surface area contributed by atoms with Crippen molar-refractivity contribution in [2.24, 2.45) is 0 Å². The van der Waals surface area contributed by atoms with Gasteiger partial charge in [0.2, 0.25) is 0 Å². The molecule has 0 aliphatic carbocycles. The molecule has 0 saturated carbocycles. The van der Waals surface area contributed by atoms with Crippen LogP contribution in [0.25, 0.3) is 0 Å². The van der Waals surface area contributed by atoms with Gasteiger partial charge in [0.15, 0.2) is 5.82 Å². The largest absolute Gasteiger partial charge is 0.483 e. The van der Waals surface area contributed by atoms with Crippen LogP contribution in [0.15, 0.2) is 18.5 Å². The van der Waals surface area contributed by atoms with E-state index in [0.29, 0.717) is 23.2 Å². The number of aryl methyl sites for hydroxylation is 1. The van der Waals surface area contributed by atoms with Crippen LogP contribution in [0.1, 0.15) is 69.2 Å². The number of anilines is 3. The highest BCUT2D eigenvalue weighted by Crippen LogP contribution is 2.48. The number of rotatable bonds is 2. The molecule has 3 aliphatic heterocycles. The molecule has 2 fully saturated rings. The number of likely N-dealkylation sites (tertiary alicyclic amines) is 1. The molecule has 3 aliphatic rings. The zero-order valence-corrected chi connectivity index (χ0v) is 23.7. The lowest BCUT2D eigenvalue weighted by molar-refractivity contribution is 0.0598. The number of fused-ring (bicyclic) bond motifs is 2. The zero-order valence-electron chi connectivity index (χ0n) is 22.9. The fourth-order valence-corrected chi connectivity index (χ4v) is 6.37. The van der Waals surface area contributed by atoms with Gasteiger partial charge in [0, 0.05) is 24.6 Å². The summed E-state index contributed by atoms with van der Waals surface area (Å²) >= 11 is 1.95. The molecular weight excluding hydrogens is 486 g/mol. The van der Waals surface area contributed by atoms with E-state index < -0.39 is 11.7 Å².